The lowest BCUT2D eigenvalue weighted by atomic mass is 10.1. The Kier molecular flexibility index (Phi) is 5.74. The Morgan fingerprint density at radius 1 is 1.08 bits per heavy atom. The van der Waals surface area contributed by atoms with Crippen LogP contribution >= 0.6 is 0 Å². The fourth-order valence-electron chi connectivity index (χ4n) is 2.43. The summed E-state index contributed by atoms with van der Waals surface area (Å²) in [7, 11) is 0. The van der Waals surface area contributed by atoms with Crippen molar-refractivity contribution in [3.63, 3.8) is 0 Å². The summed E-state index contributed by atoms with van der Waals surface area (Å²) in [4.78, 5) is 4.08. The molecule has 2 heterocycles. The standard InChI is InChI=1S/C19H23N5O/c1-2-3-10-25-14-16-6-4-15(5-7-16)12-24-13-18(22-23-24)17-8-9-19(20)21-11-17/h4-9,11,13H,2-3,10,12,14H2,1H3,(H2,20,21). The van der Waals surface area contributed by atoms with E-state index in [0.29, 0.717) is 19.0 Å². The van der Waals surface area contributed by atoms with Gasteiger partial charge in [0, 0.05) is 18.4 Å². The van der Waals surface area contributed by atoms with Gasteiger partial charge in [-0.1, -0.05) is 42.8 Å². The van der Waals surface area contributed by atoms with E-state index in [9.17, 15) is 0 Å². The van der Waals surface area contributed by atoms with Crippen molar-refractivity contribution in [3.8, 4) is 11.3 Å². The quantitative estimate of drug-likeness (QED) is 0.638. The fourth-order valence-corrected chi connectivity index (χ4v) is 2.43. The molecule has 6 nitrogen and oxygen atoms in total. The summed E-state index contributed by atoms with van der Waals surface area (Å²) in [6.07, 6.45) is 5.88. The van der Waals surface area contributed by atoms with Crippen molar-refractivity contribution in [1.82, 2.24) is 20.0 Å². The van der Waals surface area contributed by atoms with Crippen LogP contribution in [0, 0.1) is 0 Å². The normalized spacial score (nSPS) is 10.9. The van der Waals surface area contributed by atoms with Gasteiger partial charge < -0.3 is 10.5 Å². The Hall–Kier alpha value is -2.73. The summed E-state index contributed by atoms with van der Waals surface area (Å²) in [5.74, 6) is 0.495. The number of ether oxygens (including phenoxy) is 1. The van der Waals surface area contributed by atoms with Crippen LogP contribution in [0.1, 0.15) is 30.9 Å². The highest BCUT2D eigenvalue weighted by Crippen LogP contribution is 2.16. The predicted molar refractivity (Wildman–Crippen MR) is 97.8 cm³/mol. The average Bonchev–Trinajstić information content (AvgIpc) is 3.09. The first-order valence-electron chi connectivity index (χ1n) is 8.52. The van der Waals surface area contributed by atoms with Gasteiger partial charge in [-0.25, -0.2) is 9.67 Å². The zero-order valence-corrected chi connectivity index (χ0v) is 14.4. The monoisotopic (exact) mass is 337 g/mol. The van der Waals surface area contributed by atoms with Crippen molar-refractivity contribution >= 4 is 5.82 Å². The molecule has 2 aromatic heterocycles. The summed E-state index contributed by atoms with van der Waals surface area (Å²) < 4.78 is 7.45. The number of nitrogens with zero attached hydrogens (tertiary/aromatic N) is 4. The van der Waals surface area contributed by atoms with Crippen molar-refractivity contribution in [2.24, 2.45) is 0 Å². The lowest BCUT2D eigenvalue weighted by molar-refractivity contribution is 0.118. The number of pyridine rings is 1. The van der Waals surface area contributed by atoms with Crippen molar-refractivity contribution in [2.75, 3.05) is 12.3 Å². The zero-order valence-electron chi connectivity index (χ0n) is 14.4. The fraction of sp³-hybridized carbons (Fsp3) is 0.316. The Labute approximate surface area is 147 Å². The van der Waals surface area contributed by atoms with Gasteiger partial charge in [-0.15, -0.1) is 5.10 Å². The number of anilines is 1. The Balaban J connectivity index is 1.58. The van der Waals surface area contributed by atoms with E-state index < -0.39 is 0 Å². The van der Waals surface area contributed by atoms with Gasteiger partial charge in [0.15, 0.2) is 0 Å². The molecule has 0 aliphatic carbocycles. The topological polar surface area (TPSA) is 78.9 Å². The molecule has 0 unspecified atom stereocenters. The highest BCUT2D eigenvalue weighted by molar-refractivity contribution is 5.57. The maximum Gasteiger partial charge on any atom is 0.123 e. The summed E-state index contributed by atoms with van der Waals surface area (Å²) in [6.45, 7) is 4.32. The van der Waals surface area contributed by atoms with Gasteiger partial charge >= 0.3 is 0 Å². The molecule has 0 aliphatic heterocycles. The van der Waals surface area contributed by atoms with Crippen molar-refractivity contribution in [3.05, 3.63) is 59.9 Å². The second-order valence-corrected chi connectivity index (χ2v) is 6.00. The van der Waals surface area contributed by atoms with Gasteiger partial charge in [0.05, 0.1) is 19.3 Å². The first kappa shape index (κ1) is 17.1. The lowest BCUT2D eigenvalue weighted by Gasteiger charge is -2.05. The van der Waals surface area contributed by atoms with Gasteiger partial charge in [-0.2, -0.15) is 0 Å². The number of nitrogens with two attached hydrogens (primary N) is 1. The molecule has 0 bridgehead atoms. The maximum absolute atomic E-state index is 5.64. The number of hydrogen-bond donors (Lipinski definition) is 1. The molecule has 2 N–H and O–H groups in total. The smallest absolute Gasteiger partial charge is 0.123 e. The molecular formula is C19H23N5O. The molecule has 3 aromatic rings. The van der Waals surface area contributed by atoms with Gasteiger partial charge in [0.2, 0.25) is 0 Å². The summed E-state index contributed by atoms with van der Waals surface area (Å²) in [6, 6.07) is 12.1. The predicted octanol–water partition coefficient (Wildman–Crippen LogP) is 3.29. The molecule has 0 fully saturated rings. The summed E-state index contributed by atoms with van der Waals surface area (Å²) in [5, 5.41) is 8.39. The Morgan fingerprint density at radius 2 is 1.88 bits per heavy atom. The summed E-state index contributed by atoms with van der Waals surface area (Å²) >= 11 is 0. The molecule has 0 saturated heterocycles. The lowest BCUT2D eigenvalue weighted by Crippen LogP contribution is -2.01. The van der Waals surface area contributed by atoms with Crippen LogP contribution < -0.4 is 5.73 Å². The Morgan fingerprint density at radius 3 is 2.60 bits per heavy atom. The number of nitrogen functional groups attached to an aromatic ring is 1. The molecule has 1 aromatic carbocycles. The molecule has 0 atom stereocenters. The molecule has 130 valence electrons. The second-order valence-electron chi connectivity index (χ2n) is 6.00. The molecule has 0 radical (unpaired) electrons. The van der Waals surface area contributed by atoms with E-state index in [-0.39, 0.29) is 0 Å². The summed E-state index contributed by atoms with van der Waals surface area (Å²) in [5.41, 5.74) is 9.65. The van der Waals surface area contributed by atoms with E-state index in [1.165, 1.54) is 11.1 Å². The number of hydrogen-bond acceptors (Lipinski definition) is 5. The van der Waals surface area contributed by atoms with Gasteiger partial charge in [-0.3, -0.25) is 0 Å². The minimum absolute atomic E-state index is 0.495. The van der Waals surface area contributed by atoms with Crippen molar-refractivity contribution < 1.29 is 4.74 Å². The van der Waals surface area contributed by atoms with Crippen LogP contribution in [0.4, 0.5) is 5.82 Å². The third-order valence-corrected chi connectivity index (χ3v) is 3.90. The van der Waals surface area contributed by atoms with Crippen LogP contribution in [0.2, 0.25) is 0 Å². The molecular weight excluding hydrogens is 314 g/mol. The van der Waals surface area contributed by atoms with E-state index >= 15 is 0 Å². The highest BCUT2D eigenvalue weighted by Gasteiger charge is 2.05. The second kappa shape index (κ2) is 8.39. The maximum atomic E-state index is 5.64. The van der Waals surface area contributed by atoms with E-state index in [1.807, 2.05) is 16.9 Å². The number of unbranched alkanes of at least 4 members (excludes halogenated alkanes) is 1. The van der Waals surface area contributed by atoms with E-state index in [0.717, 1.165) is 30.7 Å². The molecule has 3 rings (SSSR count). The first-order valence-corrected chi connectivity index (χ1v) is 8.52. The third kappa shape index (κ3) is 4.87. The van der Waals surface area contributed by atoms with Gasteiger partial charge in [0.25, 0.3) is 0 Å². The molecule has 0 spiro atoms. The number of aromatic nitrogens is 4. The molecule has 0 aliphatic rings. The van der Waals surface area contributed by atoms with E-state index in [4.69, 9.17) is 10.5 Å². The van der Waals surface area contributed by atoms with Gasteiger partial charge in [-0.05, 0) is 29.7 Å². The Bertz CT molecular complexity index is 780. The molecule has 6 heteroatoms. The van der Waals surface area contributed by atoms with E-state index in [2.05, 4.69) is 46.5 Å². The van der Waals surface area contributed by atoms with Crippen molar-refractivity contribution in [1.29, 1.82) is 0 Å². The molecule has 0 saturated carbocycles. The SMILES string of the molecule is CCCCOCc1ccc(Cn2cc(-c3ccc(N)nc3)nn2)cc1. The van der Waals surface area contributed by atoms with E-state index in [1.54, 1.807) is 12.3 Å². The van der Waals surface area contributed by atoms with Crippen LogP contribution in [-0.4, -0.2) is 26.6 Å². The van der Waals surface area contributed by atoms with Crippen molar-refractivity contribution in [2.45, 2.75) is 32.9 Å². The van der Waals surface area contributed by atoms with Crippen LogP contribution in [-0.2, 0) is 17.9 Å². The largest absolute Gasteiger partial charge is 0.384 e. The number of benzene rings is 1. The van der Waals surface area contributed by atoms with Crippen LogP contribution in [0.15, 0.2) is 48.8 Å². The third-order valence-electron chi connectivity index (χ3n) is 3.90. The van der Waals surface area contributed by atoms with Gasteiger partial charge in [0.1, 0.15) is 11.5 Å². The van der Waals surface area contributed by atoms with Crippen LogP contribution in [0.25, 0.3) is 11.3 Å². The molecule has 0 amide bonds. The minimum Gasteiger partial charge on any atom is -0.384 e. The zero-order chi connectivity index (χ0) is 17.5. The number of rotatable bonds is 8. The first-order chi connectivity index (χ1) is 12.2. The highest BCUT2D eigenvalue weighted by atomic mass is 16.5. The van der Waals surface area contributed by atoms with Crippen LogP contribution in [0.3, 0.4) is 0 Å². The minimum atomic E-state index is 0.495. The van der Waals surface area contributed by atoms with Crippen LogP contribution in [0.5, 0.6) is 0 Å². The average molecular weight is 337 g/mol. The molecule has 25 heavy (non-hydrogen) atoms.